The van der Waals surface area contributed by atoms with Gasteiger partial charge in [0.2, 0.25) is 15.9 Å². The molecule has 170 valence electrons. The number of ketones is 1. The van der Waals surface area contributed by atoms with E-state index in [0.29, 0.717) is 29.1 Å². The van der Waals surface area contributed by atoms with Crippen LogP contribution in [0.1, 0.15) is 31.4 Å². The van der Waals surface area contributed by atoms with Gasteiger partial charge in [-0.15, -0.1) is 11.6 Å². The number of ether oxygens (including phenoxy) is 2. The van der Waals surface area contributed by atoms with E-state index in [9.17, 15) is 13.2 Å². The first kappa shape index (κ1) is 25.4. The van der Waals surface area contributed by atoms with Crippen LogP contribution < -0.4 is 14.2 Å². The first-order valence-corrected chi connectivity index (χ1v) is 12.4. The standard InChI is InChI=1S/C21H26Cl2N2O5S/c1-21(2,16-6-8-20(24-12-16)29-10-4-9-22)15-5-7-19(18(23)11-15)30-14-17(26)13-25-31(3,27)28/h5-8,11-12,25H,4,9-10,13-14H2,1-3H3. The molecule has 0 aliphatic heterocycles. The van der Waals surface area contributed by atoms with Crippen LogP contribution in [0.25, 0.3) is 0 Å². The summed E-state index contributed by atoms with van der Waals surface area (Å²) >= 11 is 12.0. The number of hydrogen-bond donors (Lipinski definition) is 1. The third-order valence-electron chi connectivity index (χ3n) is 4.56. The summed E-state index contributed by atoms with van der Waals surface area (Å²) in [6.45, 7) is 3.98. The predicted octanol–water partition coefficient (Wildman–Crippen LogP) is 3.57. The van der Waals surface area contributed by atoms with Crippen LogP contribution in [0.15, 0.2) is 36.5 Å². The van der Waals surface area contributed by atoms with Gasteiger partial charge in [0.1, 0.15) is 12.4 Å². The van der Waals surface area contributed by atoms with Crippen LogP contribution in [0, 0.1) is 0 Å². The molecule has 0 saturated carbocycles. The number of pyridine rings is 1. The molecule has 1 heterocycles. The fourth-order valence-corrected chi connectivity index (χ4v) is 3.43. The van der Waals surface area contributed by atoms with Crippen molar-refractivity contribution >= 4 is 39.0 Å². The Labute approximate surface area is 193 Å². The number of nitrogens with one attached hydrogen (secondary N) is 1. The van der Waals surface area contributed by atoms with Gasteiger partial charge in [-0.05, 0) is 29.7 Å². The number of Topliss-reactive ketones (excluding diaryl/α,β-unsaturated/α-hetero) is 1. The average molecular weight is 489 g/mol. The van der Waals surface area contributed by atoms with E-state index in [2.05, 4.69) is 9.71 Å². The predicted molar refractivity (Wildman–Crippen MR) is 122 cm³/mol. The molecule has 0 aliphatic rings. The Hall–Kier alpha value is -1.87. The van der Waals surface area contributed by atoms with Crippen molar-refractivity contribution in [2.24, 2.45) is 0 Å². The quantitative estimate of drug-likeness (QED) is 0.362. The molecular formula is C21H26Cl2N2O5S. The second kappa shape index (κ2) is 11.1. The molecule has 0 aliphatic carbocycles. The van der Waals surface area contributed by atoms with E-state index in [0.717, 1.165) is 23.8 Å². The number of benzene rings is 1. The SMILES string of the molecule is CC(C)(c1ccc(OCCCCl)nc1)c1ccc(OCC(=O)CNS(C)(=O)=O)c(Cl)c1. The van der Waals surface area contributed by atoms with E-state index in [1.54, 1.807) is 18.3 Å². The highest BCUT2D eigenvalue weighted by atomic mass is 35.5. The molecule has 0 amide bonds. The van der Waals surface area contributed by atoms with Gasteiger partial charge in [-0.3, -0.25) is 4.79 Å². The number of nitrogens with zero attached hydrogens (tertiary/aromatic N) is 1. The van der Waals surface area contributed by atoms with Crippen LogP contribution in [0.3, 0.4) is 0 Å². The minimum absolute atomic E-state index is 0.292. The highest BCUT2D eigenvalue weighted by Crippen LogP contribution is 2.36. The molecule has 0 bridgehead atoms. The lowest BCUT2D eigenvalue weighted by Gasteiger charge is -2.26. The lowest BCUT2D eigenvalue weighted by Crippen LogP contribution is -2.31. The van der Waals surface area contributed by atoms with Crippen molar-refractivity contribution in [1.29, 1.82) is 0 Å². The molecule has 2 aromatic rings. The molecule has 31 heavy (non-hydrogen) atoms. The minimum atomic E-state index is -3.44. The van der Waals surface area contributed by atoms with Crippen LogP contribution in [-0.4, -0.2) is 51.1 Å². The van der Waals surface area contributed by atoms with Gasteiger partial charge in [-0.2, -0.15) is 0 Å². The van der Waals surface area contributed by atoms with Crippen molar-refractivity contribution in [3.05, 3.63) is 52.7 Å². The summed E-state index contributed by atoms with van der Waals surface area (Å²) in [6, 6.07) is 9.11. The summed E-state index contributed by atoms with van der Waals surface area (Å²) in [7, 11) is -3.44. The second-order valence-corrected chi connectivity index (χ2v) is 10.1. The highest BCUT2D eigenvalue weighted by Gasteiger charge is 2.25. The lowest BCUT2D eigenvalue weighted by molar-refractivity contribution is -0.119. The molecule has 0 unspecified atom stereocenters. The van der Waals surface area contributed by atoms with E-state index in [4.69, 9.17) is 32.7 Å². The molecule has 7 nitrogen and oxygen atoms in total. The largest absolute Gasteiger partial charge is 0.484 e. The zero-order valence-corrected chi connectivity index (χ0v) is 20.0. The lowest BCUT2D eigenvalue weighted by atomic mass is 9.79. The van der Waals surface area contributed by atoms with E-state index < -0.39 is 15.8 Å². The van der Waals surface area contributed by atoms with Crippen molar-refractivity contribution in [2.75, 3.05) is 31.9 Å². The molecule has 2 rings (SSSR count). The van der Waals surface area contributed by atoms with Crippen LogP contribution in [0.5, 0.6) is 11.6 Å². The third-order valence-corrected chi connectivity index (χ3v) is 5.79. The molecule has 10 heteroatoms. The van der Waals surface area contributed by atoms with Crippen molar-refractivity contribution in [1.82, 2.24) is 9.71 Å². The molecule has 0 spiro atoms. The van der Waals surface area contributed by atoms with Crippen molar-refractivity contribution < 1.29 is 22.7 Å². The van der Waals surface area contributed by atoms with Crippen LogP contribution in [0.4, 0.5) is 0 Å². The summed E-state index contributed by atoms with van der Waals surface area (Å²) in [5.41, 5.74) is 1.52. The Morgan fingerprint density at radius 2 is 1.87 bits per heavy atom. The second-order valence-electron chi connectivity index (χ2n) is 7.47. The minimum Gasteiger partial charge on any atom is -0.484 e. The van der Waals surface area contributed by atoms with Crippen LogP contribution in [-0.2, 0) is 20.2 Å². The number of sulfonamides is 1. The summed E-state index contributed by atoms with van der Waals surface area (Å²) in [6.07, 6.45) is 3.50. The Morgan fingerprint density at radius 3 is 2.45 bits per heavy atom. The molecule has 1 aromatic carbocycles. The third kappa shape index (κ3) is 7.96. The van der Waals surface area contributed by atoms with Gasteiger partial charge >= 0.3 is 0 Å². The van der Waals surface area contributed by atoms with Crippen molar-refractivity contribution in [2.45, 2.75) is 25.7 Å². The van der Waals surface area contributed by atoms with Crippen molar-refractivity contribution in [3.8, 4) is 11.6 Å². The Balaban J connectivity index is 2.04. The van der Waals surface area contributed by atoms with E-state index in [1.165, 1.54) is 0 Å². The fourth-order valence-electron chi connectivity index (χ4n) is 2.66. The number of alkyl halides is 1. The Bertz CT molecular complexity index is 995. The van der Waals surface area contributed by atoms with Crippen LogP contribution in [0.2, 0.25) is 5.02 Å². The number of carbonyl (C=O) groups is 1. The summed E-state index contributed by atoms with van der Waals surface area (Å²) < 4.78 is 35.2. The monoisotopic (exact) mass is 488 g/mol. The van der Waals surface area contributed by atoms with Crippen LogP contribution >= 0.6 is 23.2 Å². The molecule has 0 radical (unpaired) electrons. The number of rotatable bonds is 12. The highest BCUT2D eigenvalue weighted by molar-refractivity contribution is 7.88. The normalized spacial score (nSPS) is 11.9. The molecular weight excluding hydrogens is 463 g/mol. The van der Waals surface area contributed by atoms with E-state index >= 15 is 0 Å². The topological polar surface area (TPSA) is 94.6 Å². The zero-order chi connectivity index (χ0) is 23.1. The Morgan fingerprint density at radius 1 is 1.16 bits per heavy atom. The first-order valence-electron chi connectivity index (χ1n) is 9.57. The van der Waals surface area contributed by atoms with Gasteiger partial charge in [-0.1, -0.05) is 37.6 Å². The van der Waals surface area contributed by atoms with Gasteiger partial charge in [0, 0.05) is 23.6 Å². The smallest absolute Gasteiger partial charge is 0.213 e. The maximum Gasteiger partial charge on any atom is 0.213 e. The number of hydrogen-bond acceptors (Lipinski definition) is 6. The zero-order valence-electron chi connectivity index (χ0n) is 17.7. The molecule has 1 N–H and O–H groups in total. The average Bonchev–Trinajstić information content (AvgIpc) is 2.71. The van der Waals surface area contributed by atoms with Gasteiger partial charge < -0.3 is 9.47 Å². The van der Waals surface area contributed by atoms with E-state index in [-0.39, 0.29) is 18.6 Å². The number of halogens is 2. The summed E-state index contributed by atoms with van der Waals surface area (Å²) in [5, 5.41) is 0.350. The van der Waals surface area contributed by atoms with Gasteiger partial charge in [0.05, 0.1) is 24.4 Å². The maximum absolute atomic E-state index is 11.8. The molecule has 1 aromatic heterocycles. The number of carbonyl (C=O) groups excluding carboxylic acids is 1. The number of aromatic nitrogens is 1. The molecule has 0 fully saturated rings. The fraction of sp³-hybridized carbons (Fsp3) is 0.429. The molecule has 0 saturated heterocycles. The Kier molecular flexibility index (Phi) is 9.12. The van der Waals surface area contributed by atoms with Crippen molar-refractivity contribution in [3.63, 3.8) is 0 Å². The first-order chi connectivity index (χ1) is 14.5. The van der Waals surface area contributed by atoms with Gasteiger partial charge in [0.15, 0.2) is 5.78 Å². The van der Waals surface area contributed by atoms with E-state index in [1.807, 2.05) is 32.0 Å². The molecule has 0 atom stereocenters. The van der Waals surface area contributed by atoms with Gasteiger partial charge in [0.25, 0.3) is 0 Å². The summed E-state index contributed by atoms with van der Waals surface area (Å²) in [5.74, 6) is 1.01. The summed E-state index contributed by atoms with van der Waals surface area (Å²) in [4.78, 5) is 16.1. The maximum atomic E-state index is 11.8. The van der Waals surface area contributed by atoms with Gasteiger partial charge in [-0.25, -0.2) is 18.1 Å².